The molecule has 1 saturated heterocycles. The summed E-state index contributed by atoms with van der Waals surface area (Å²) < 4.78 is 37.8. The van der Waals surface area contributed by atoms with Gasteiger partial charge in [0.25, 0.3) is 0 Å². The average molecular weight is 405 g/mol. The first kappa shape index (κ1) is 20.0. The fourth-order valence-electron chi connectivity index (χ4n) is 4.87. The van der Waals surface area contributed by atoms with Gasteiger partial charge in [-0.05, 0) is 31.2 Å². The van der Waals surface area contributed by atoms with Crippen LogP contribution in [0.5, 0.6) is 11.9 Å². The maximum atomic E-state index is 14.1. The van der Waals surface area contributed by atoms with E-state index in [1.807, 2.05) is 0 Å². The molecule has 1 saturated carbocycles. The van der Waals surface area contributed by atoms with Crippen LogP contribution in [0.3, 0.4) is 0 Å². The summed E-state index contributed by atoms with van der Waals surface area (Å²) in [7, 11) is 2.98. The van der Waals surface area contributed by atoms with Crippen molar-refractivity contribution in [1.82, 2.24) is 14.9 Å². The van der Waals surface area contributed by atoms with Crippen LogP contribution in [0.2, 0.25) is 0 Å². The molecule has 156 valence electrons. The van der Waals surface area contributed by atoms with E-state index in [2.05, 4.69) is 14.9 Å². The van der Waals surface area contributed by atoms with E-state index < -0.39 is 17.2 Å². The van der Waals surface area contributed by atoms with Crippen LogP contribution in [-0.4, -0.2) is 47.3 Å². The van der Waals surface area contributed by atoms with Gasteiger partial charge in [-0.2, -0.15) is 4.98 Å². The minimum Gasteiger partial charge on any atom is -0.481 e. The number of hydrogen-bond donors (Lipinski definition) is 1. The number of rotatable bonds is 5. The van der Waals surface area contributed by atoms with E-state index in [0.29, 0.717) is 36.5 Å². The van der Waals surface area contributed by atoms with Crippen molar-refractivity contribution in [3.63, 3.8) is 0 Å². The lowest BCUT2D eigenvalue weighted by molar-refractivity contribution is -0.0669. The number of methoxy groups -OCH3 is 2. The number of benzene rings is 1. The summed E-state index contributed by atoms with van der Waals surface area (Å²) in [5.74, 6) is -0.597. The van der Waals surface area contributed by atoms with Crippen molar-refractivity contribution in [2.24, 2.45) is 11.8 Å². The molecule has 2 heterocycles. The van der Waals surface area contributed by atoms with Gasteiger partial charge < -0.3 is 14.6 Å². The molecule has 3 atom stereocenters. The number of fused-ring (bicyclic) bond motifs is 1. The molecule has 0 bridgehead atoms. The minimum atomic E-state index is -1.13. The fourth-order valence-corrected chi connectivity index (χ4v) is 4.87. The zero-order valence-corrected chi connectivity index (χ0v) is 16.6. The second-order valence-corrected chi connectivity index (χ2v) is 7.89. The van der Waals surface area contributed by atoms with Crippen LogP contribution in [0.1, 0.15) is 30.4 Å². The molecule has 2 aliphatic rings. The molecule has 6 nitrogen and oxygen atoms in total. The smallest absolute Gasteiger partial charge is 0.319 e. The summed E-state index contributed by atoms with van der Waals surface area (Å²) in [5, 5.41) is 11.7. The summed E-state index contributed by atoms with van der Waals surface area (Å²) in [6.07, 6.45) is 4.02. The van der Waals surface area contributed by atoms with Crippen LogP contribution < -0.4 is 9.47 Å². The van der Waals surface area contributed by atoms with Gasteiger partial charge in [-0.25, -0.2) is 13.8 Å². The molecule has 1 aromatic carbocycles. The van der Waals surface area contributed by atoms with Crippen molar-refractivity contribution in [3.8, 4) is 11.9 Å². The van der Waals surface area contributed by atoms with E-state index in [-0.39, 0.29) is 17.8 Å². The van der Waals surface area contributed by atoms with E-state index in [0.717, 1.165) is 25.5 Å². The van der Waals surface area contributed by atoms with E-state index in [1.165, 1.54) is 26.4 Å². The van der Waals surface area contributed by atoms with Gasteiger partial charge in [-0.1, -0.05) is 6.07 Å². The van der Waals surface area contributed by atoms with Crippen LogP contribution in [0.25, 0.3) is 0 Å². The van der Waals surface area contributed by atoms with Crippen LogP contribution in [-0.2, 0) is 12.1 Å². The highest BCUT2D eigenvalue weighted by molar-refractivity contribution is 5.33. The van der Waals surface area contributed by atoms with Crippen molar-refractivity contribution in [2.45, 2.75) is 31.4 Å². The number of likely N-dealkylation sites (tertiary alicyclic amines) is 1. The molecule has 4 rings (SSSR count). The molecule has 1 aromatic heterocycles. The van der Waals surface area contributed by atoms with Gasteiger partial charge in [0.2, 0.25) is 5.88 Å². The fraction of sp³-hybridized carbons (Fsp3) is 0.524. The highest BCUT2D eigenvalue weighted by Gasteiger charge is 2.51. The Balaban J connectivity index is 1.59. The van der Waals surface area contributed by atoms with Crippen molar-refractivity contribution in [1.29, 1.82) is 0 Å². The van der Waals surface area contributed by atoms with Crippen molar-refractivity contribution >= 4 is 0 Å². The summed E-state index contributed by atoms with van der Waals surface area (Å²) >= 11 is 0. The molecular formula is C21H25F2N3O3. The molecule has 2 aromatic rings. The number of nitrogens with zero attached hydrogens (tertiary/aromatic N) is 3. The first-order valence-electron chi connectivity index (χ1n) is 9.78. The van der Waals surface area contributed by atoms with Crippen LogP contribution in [0.15, 0.2) is 24.4 Å². The van der Waals surface area contributed by atoms with Crippen molar-refractivity contribution in [3.05, 3.63) is 47.2 Å². The number of aliphatic hydroxyl groups is 1. The zero-order chi connectivity index (χ0) is 20.6. The average Bonchev–Trinajstić information content (AvgIpc) is 3.14. The van der Waals surface area contributed by atoms with Crippen molar-refractivity contribution < 1.29 is 23.4 Å². The molecule has 0 amide bonds. The van der Waals surface area contributed by atoms with Crippen molar-refractivity contribution in [2.75, 3.05) is 27.3 Å². The Morgan fingerprint density at radius 1 is 1.24 bits per heavy atom. The molecule has 29 heavy (non-hydrogen) atoms. The van der Waals surface area contributed by atoms with Gasteiger partial charge >= 0.3 is 6.01 Å². The number of aromatic nitrogens is 2. The lowest BCUT2D eigenvalue weighted by Gasteiger charge is -2.41. The highest BCUT2D eigenvalue weighted by Crippen LogP contribution is 2.50. The molecule has 0 spiro atoms. The first-order valence-corrected chi connectivity index (χ1v) is 9.78. The number of hydrogen-bond acceptors (Lipinski definition) is 6. The van der Waals surface area contributed by atoms with Gasteiger partial charge in [0.15, 0.2) is 0 Å². The topological polar surface area (TPSA) is 67.7 Å². The SMILES string of the molecule is COc1ncc([C@]2(O)CCC[C@@H]3CN(Cc4ccc(F)cc4F)C[C@H]32)c(OC)n1. The summed E-state index contributed by atoms with van der Waals surface area (Å²) in [6.45, 7) is 1.74. The van der Waals surface area contributed by atoms with Gasteiger partial charge in [-0.15, -0.1) is 0 Å². The van der Waals surface area contributed by atoms with E-state index in [4.69, 9.17) is 9.47 Å². The quantitative estimate of drug-likeness (QED) is 0.825. The number of ether oxygens (including phenoxy) is 2. The maximum absolute atomic E-state index is 14.1. The third-order valence-electron chi connectivity index (χ3n) is 6.25. The Bertz CT molecular complexity index is 897. The van der Waals surface area contributed by atoms with Crippen LogP contribution in [0, 0.1) is 23.5 Å². The zero-order valence-electron chi connectivity index (χ0n) is 16.6. The van der Waals surface area contributed by atoms with E-state index >= 15 is 0 Å². The van der Waals surface area contributed by atoms with E-state index in [1.54, 1.807) is 6.20 Å². The summed E-state index contributed by atoms with van der Waals surface area (Å²) in [6, 6.07) is 3.85. The predicted molar refractivity (Wildman–Crippen MR) is 101 cm³/mol. The second kappa shape index (κ2) is 7.84. The Kier molecular flexibility index (Phi) is 5.40. The monoisotopic (exact) mass is 405 g/mol. The summed E-state index contributed by atoms with van der Waals surface area (Å²) in [4.78, 5) is 10.5. The molecule has 8 heteroatoms. The van der Waals surface area contributed by atoms with Crippen LogP contribution >= 0.6 is 0 Å². The molecule has 1 aliphatic carbocycles. The van der Waals surface area contributed by atoms with Crippen LogP contribution in [0.4, 0.5) is 8.78 Å². The summed E-state index contributed by atoms with van der Waals surface area (Å²) in [5.41, 5.74) is -0.111. The van der Waals surface area contributed by atoms with Gasteiger partial charge in [0.05, 0.1) is 19.8 Å². The second-order valence-electron chi connectivity index (χ2n) is 7.89. The first-order chi connectivity index (χ1) is 13.9. The van der Waals surface area contributed by atoms with Gasteiger partial charge in [0.1, 0.15) is 17.2 Å². The lowest BCUT2D eigenvalue weighted by Crippen LogP contribution is -2.43. The minimum absolute atomic E-state index is 0.0503. The molecule has 1 aliphatic heterocycles. The normalized spacial score (nSPS) is 26.9. The Morgan fingerprint density at radius 2 is 2.07 bits per heavy atom. The lowest BCUT2D eigenvalue weighted by atomic mass is 9.68. The molecule has 2 fully saturated rings. The van der Waals surface area contributed by atoms with E-state index in [9.17, 15) is 13.9 Å². The Hall–Kier alpha value is -2.32. The highest BCUT2D eigenvalue weighted by atomic mass is 19.1. The van der Waals surface area contributed by atoms with Gasteiger partial charge in [0, 0.05) is 43.4 Å². The Labute approximate surface area is 168 Å². The predicted octanol–water partition coefficient (Wildman–Crippen LogP) is 2.89. The number of halogens is 2. The maximum Gasteiger partial charge on any atom is 0.319 e. The Morgan fingerprint density at radius 3 is 2.79 bits per heavy atom. The standard InChI is InChI=1S/C21H25F2N3O3/c1-28-19-16(9-24-20(25-19)29-2)21(27)7-3-4-13-10-26(12-17(13)21)11-14-5-6-15(22)8-18(14)23/h5-6,8-9,13,17,27H,3-4,7,10-12H2,1-2H3/t13-,17-,21-/m1/s1. The van der Waals surface area contributed by atoms with Gasteiger partial charge in [-0.3, -0.25) is 4.90 Å². The molecule has 0 radical (unpaired) electrons. The third kappa shape index (κ3) is 3.67. The third-order valence-corrected chi connectivity index (χ3v) is 6.25. The largest absolute Gasteiger partial charge is 0.481 e. The molecule has 0 unspecified atom stereocenters. The molecular weight excluding hydrogens is 380 g/mol. The molecule has 1 N–H and O–H groups in total.